The number of rotatable bonds is 9. The second kappa shape index (κ2) is 11.8. The van der Waals surface area contributed by atoms with E-state index in [0.717, 1.165) is 23.3 Å². The highest BCUT2D eigenvalue weighted by Crippen LogP contribution is 2.38. The van der Waals surface area contributed by atoms with Gasteiger partial charge in [0.15, 0.2) is 0 Å². The third-order valence-corrected chi connectivity index (χ3v) is 8.14. The summed E-state index contributed by atoms with van der Waals surface area (Å²) in [5.41, 5.74) is 9.02. The van der Waals surface area contributed by atoms with Crippen LogP contribution in [0.15, 0.2) is 53.7 Å². The SMILES string of the molecule is COc1ncc(-c2ccc3c(Nc4cc(SC5CCCCC5)cc(C(=O)O)c4)c(C(N)=O)cnc3c2)c(OC)n1. The number of nitrogens with one attached hydrogen (secondary N) is 1. The first kappa shape index (κ1) is 27.2. The number of pyridine rings is 1. The number of thioether (sulfide) groups is 1. The monoisotopic (exact) mass is 559 g/mol. The van der Waals surface area contributed by atoms with E-state index in [1.54, 1.807) is 30.1 Å². The predicted molar refractivity (Wildman–Crippen MR) is 154 cm³/mol. The standard InChI is InChI=1S/C29H29N5O5S/c1-38-27-22(14-32-29(34-27)39-2)16-8-9-21-24(12-16)31-15-23(26(30)35)25(21)33-18-10-17(28(36)37)11-20(13-18)40-19-6-4-3-5-7-19/h8-15,19H,3-7H2,1-2H3,(H2,30,35)(H,31,33)(H,36,37). The molecule has 0 unspecified atom stereocenters. The number of nitrogens with two attached hydrogens (primary N) is 1. The van der Waals surface area contributed by atoms with Crippen molar-refractivity contribution in [2.75, 3.05) is 19.5 Å². The van der Waals surface area contributed by atoms with Crippen LogP contribution in [0, 0.1) is 0 Å². The number of carboxylic acids is 1. The van der Waals surface area contributed by atoms with Gasteiger partial charge in [-0.1, -0.05) is 31.4 Å². The molecule has 10 nitrogen and oxygen atoms in total. The number of nitrogens with zero attached hydrogens (tertiary/aromatic N) is 3. The number of carboxylic acid groups (broad SMARTS) is 1. The quantitative estimate of drug-likeness (QED) is 0.234. The molecule has 1 aliphatic carbocycles. The third kappa shape index (κ3) is 5.79. The number of methoxy groups -OCH3 is 2. The minimum atomic E-state index is -1.02. The second-order valence-corrected chi connectivity index (χ2v) is 10.9. The Morgan fingerprint density at radius 3 is 2.52 bits per heavy atom. The minimum Gasteiger partial charge on any atom is -0.480 e. The number of fused-ring (bicyclic) bond motifs is 1. The van der Waals surface area contributed by atoms with Crippen LogP contribution in [0.25, 0.3) is 22.0 Å². The molecule has 0 aliphatic heterocycles. The number of carbonyl (C=O) groups is 2. The van der Waals surface area contributed by atoms with Crippen LogP contribution >= 0.6 is 11.8 Å². The van der Waals surface area contributed by atoms with Crippen molar-refractivity contribution >= 4 is 45.9 Å². The predicted octanol–water partition coefficient (Wildman–Crippen LogP) is 5.67. The highest BCUT2D eigenvalue weighted by atomic mass is 32.2. The van der Waals surface area contributed by atoms with E-state index in [1.807, 2.05) is 24.3 Å². The van der Waals surface area contributed by atoms with Crippen molar-refractivity contribution in [3.8, 4) is 23.0 Å². The molecule has 1 fully saturated rings. The molecule has 1 aliphatic rings. The van der Waals surface area contributed by atoms with Gasteiger partial charge in [-0.15, -0.1) is 11.8 Å². The molecule has 0 radical (unpaired) electrons. The molecule has 5 rings (SSSR count). The van der Waals surface area contributed by atoms with E-state index in [-0.39, 0.29) is 17.1 Å². The normalized spacial score (nSPS) is 13.7. The van der Waals surface area contributed by atoms with E-state index < -0.39 is 11.9 Å². The van der Waals surface area contributed by atoms with Crippen LogP contribution in [0.5, 0.6) is 11.9 Å². The number of hydrogen-bond acceptors (Lipinski definition) is 9. The van der Waals surface area contributed by atoms with Crippen LogP contribution in [0.4, 0.5) is 11.4 Å². The third-order valence-electron chi connectivity index (χ3n) is 6.83. The molecule has 4 aromatic rings. The van der Waals surface area contributed by atoms with Gasteiger partial charge in [0.2, 0.25) is 5.88 Å². The van der Waals surface area contributed by atoms with Gasteiger partial charge in [-0.2, -0.15) is 4.98 Å². The first-order valence-corrected chi connectivity index (χ1v) is 13.7. The molecule has 2 aromatic heterocycles. The highest BCUT2D eigenvalue weighted by molar-refractivity contribution is 8.00. The fourth-order valence-corrected chi connectivity index (χ4v) is 6.21. The van der Waals surface area contributed by atoms with Gasteiger partial charge in [-0.25, -0.2) is 9.78 Å². The molecule has 0 saturated heterocycles. The number of carbonyl (C=O) groups excluding carboxylic acids is 1. The lowest BCUT2D eigenvalue weighted by Crippen LogP contribution is -2.14. The molecule has 1 saturated carbocycles. The smallest absolute Gasteiger partial charge is 0.335 e. The summed E-state index contributed by atoms with van der Waals surface area (Å²) in [4.78, 5) is 38.1. The summed E-state index contributed by atoms with van der Waals surface area (Å²) in [6.07, 6.45) is 8.84. The minimum absolute atomic E-state index is 0.163. The maximum Gasteiger partial charge on any atom is 0.335 e. The van der Waals surface area contributed by atoms with Gasteiger partial charge in [-0.05, 0) is 42.7 Å². The van der Waals surface area contributed by atoms with E-state index in [9.17, 15) is 14.7 Å². The Labute approximate surface area is 235 Å². The zero-order valence-corrected chi connectivity index (χ0v) is 23.0. The van der Waals surface area contributed by atoms with E-state index in [1.165, 1.54) is 39.7 Å². The van der Waals surface area contributed by atoms with Crippen molar-refractivity contribution < 1.29 is 24.2 Å². The van der Waals surface area contributed by atoms with Crippen molar-refractivity contribution in [3.05, 3.63) is 59.9 Å². The van der Waals surface area contributed by atoms with Crippen LogP contribution in [0.1, 0.15) is 52.8 Å². The Morgan fingerprint density at radius 1 is 1.02 bits per heavy atom. The zero-order valence-electron chi connectivity index (χ0n) is 22.1. The number of ether oxygens (including phenoxy) is 2. The van der Waals surface area contributed by atoms with Crippen LogP contribution in [0.3, 0.4) is 0 Å². The molecular weight excluding hydrogens is 530 g/mol. The average molecular weight is 560 g/mol. The number of benzene rings is 2. The first-order valence-electron chi connectivity index (χ1n) is 12.9. The summed E-state index contributed by atoms with van der Waals surface area (Å²) in [7, 11) is 2.99. The van der Waals surface area contributed by atoms with E-state index in [2.05, 4.69) is 20.3 Å². The number of anilines is 2. The van der Waals surface area contributed by atoms with Crippen molar-refractivity contribution in [2.24, 2.45) is 5.73 Å². The Balaban J connectivity index is 1.56. The fraction of sp³-hybridized carbons (Fsp3) is 0.276. The van der Waals surface area contributed by atoms with E-state index in [4.69, 9.17) is 15.2 Å². The molecular formula is C29H29N5O5S. The van der Waals surface area contributed by atoms with E-state index in [0.29, 0.717) is 39.0 Å². The summed E-state index contributed by atoms with van der Waals surface area (Å²) in [5.74, 6) is -1.34. The largest absolute Gasteiger partial charge is 0.480 e. The van der Waals surface area contributed by atoms with Crippen molar-refractivity contribution in [2.45, 2.75) is 42.2 Å². The number of aromatic carboxylic acids is 1. The van der Waals surface area contributed by atoms with Gasteiger partial charge in [0.1, 0.15) is 0 Å². The van der Waals surface area contributed by atoms with Gasteiger partial charge >= 0.3 is 12.0 Å². The molecule has 40 heavy (non-hydrogen) atoms. The Hall–Kier alpha value is -4.38. The number of amides is 1. The van der Waals surface area contributed by atoms with Crippen LogP contribution in [-0.4, -0.2) is 51.4 Å². The molecule has 1 amide bonds. The molecule has 11 heteroatoms. The lowest BCUT2D eigenvalue weighted by molar-refractivity contribution is 0.0696. The average Bonchev–Trinajstić information content (AvgIpc) is 2.96. The summed E-state index contributed by atoms with van der Waals surface area (Å²) in [6.45, 7) is 0. The number of aromatic nitrogens is 3. The summed E-state index contributed by atoms with van der Waals surface area (Å²) in [6, 6.07) is 10.8. The second-order valence-electron chi connectivity index (χ2n) is 9.48. The summed E-state index contributed by atoms with van der Waals surface area (Å²) >= 11 is 1.70. The lowest BCUT2D eigenvalue weighted by atomic mass is 10.0. The molecule has 0 atom stereocenters. The fourth-order valence-electron chi connectivity index (χ4n) is 4.87. The first-order chi connectivity index (χ1) is 19.4. The van der Waals surface area contributed by atoms with Gasteiger partial charge in [0.05, 0.1) is 42.1 Å². The maximum absolute atomic E-state index is 12.4. The van der Waals surface area contributed by atoms with Crippen LogP contribution in [0.2, 0.25) is 0 Å². The lowest BCUT2D eigenvalue weighted by Gasteiger charge is -2.21. The van der Waals surface area contributed by atoms with Gasteiger partial charge in [0, 0.05) is 33.6 Å². The van der Waals surface area contributed by atoms with Crippen molar-refractivity contribution in [3.63, 3.8) is 0 Å². The van der Waals surface area contributed by atoms with E-state index >= 15 is 0 Å². The van der Waals surface area contributed by atoms with Gasteiger partial charge in [0.25, 0.3) is 5.91 Å². The maximum atomic E-state index is 12.4. The summed E-state index contributed by atoms with van der Waals surface area (Å²) in [5, 5.41) is 14.2. The molecule has 0 bridgehead atoms. The number of primary amides is 1. The Morgan fingerprint density at radius 2 is 1.82 bits per heavy atom. The molecule has 4 N–H and O–H groups in total. The van der Waals surface area contributed by atoms with Gasteiger partial charge < -0.3 is 25.6 Å². The Kier molecular flexibility index (Phi) is 8.01. The highest BCUT2D eigenvalue weighted by Gasteiger charge is 2.19. The summed E-state index contributed by atoms with van der Waals surface area (Å²) < 4.78 is 10.5. The van der Waals surface area contributed by atoms with Crippen molar-refractivity contribution in [1.82, 2.24) is 15.0 Å². The molecule has 206 valence electrons. The topological polar surface area (TPSA) is 150 Å². The molecule has 2 heterocycles. The Bertz CT molecular complexity index is 1590. The van der Waals surface area contributed by atoms with Gasteiger partial charge in [-0.3, -0.25) is 9.78 Å². The van der Waals surface area contributed by atoms with Crippen LogP contribution < -0.4 is 20.5 Å². The molecule has 2 aromatic carbocycles. The number of hydrogen-bond donors (Lipinski definition) is 3. The molecule has 0 spiro atoms. The zero-order chi connectivity index (χ0) is 28.2. The van der Waals surface area contributed by atoms with Crippen LogP contribution in [-0.2, 0) is 0 Å². The van der Waals surface area contributed by atoms with Crippen molar-refractivity contribution in [1.29, 1.82) is 0 Å².